The van der Waals surface area contributed by atoms with Crippen molar-refractivity contribution in [2.45, 2.75) is 44.9 Å². The molecular weight excluding hydrogens is 481 g/mol. The molecule has 9 heteroatoms. The molecule has 2 fully saturated rings. The number of benzene rings is 1. The van der Waals surface area contributed by atoms with Crippen LogP contribution in [-0.4, -0.2) is 54.0 Å². The maximum atomic E-state index is 13.7. The van der Waals surface area contributed by atoms with Crippen LogP contribution in [0.5, 0.6) is 5.88 Å². The van der Waals surface area contributed by atoms with E-state index in [1.54, 1.807) is 7.11 Å². The molecule has 2 bridgehead atoms. The SMILES string of the molecule is CNc1nc(CC2C3CCC2CN(c2cnnc(OC)c2)C3)nc2c1C(C)(C)CCN2c1ccc(F)cc1. The molecule has 2 unspecified atom stereocenters. The minimum atomic E-state index is -0.228. The Morgan fingerprint density at radius 1 is 1.08 bits per heavy atom. The summed E-state index contributed by atoms with van der Waals surface area (Å²) in [5.41, 5.74) is 3.11. The second-order valence-electron chi connectivity index (χ2n) is 11.5. The van der Waals surface area contributed by atoms with Gasteiger partial charge in [-0.2, -0.15) is 5.10 Å². The highest BCUT2D eigenvalue weighted by molar-refractivity contribution is 5.71. The standard InChI is InChI=1S/C29H36FN7O/c1-29(2)11-12-37(21-9-7-20(30)8-10-21)28-26(29)27(31-3)33-24(34-28)14-23-18-5-6-19(23)17-36(16-18)22-13-25(38-4)35-32-15-22/h7-10,13,15,18-19,23H,5-6,11-12,14,16-17H2,1-4H3,(H,31,33,34). The van der Waals surface area contributed by atoms with Crippen LogP contribution in [-0.2, 0) is 11.8 Å². The van der Waals surface area contributed by atoms with Gasteiger partial charge >= 0.3 is 0 Å². The van der Waals surface area contributed by atoms with E-state index in [4.69, 9.17) is 14.7 Å². The zero-order chi connectivity index (χ0) is 26.4. The van der Waals surface area contributed by atoms with Crippen LogP contribution in [0.15, 0.2) is 36.5 Å². The van der Waals surface area contributed by atoms with E-state index in [0.717, 1.165) is 66.9 Å². The Bertz CT molecular complexity index is 1300. The number of nitrogens with zero attached hydrogens (tertiary/aromatic N) is 6. The van der Waals surface area contributed by atoms with E-state index in [0.29, 0.717) is 23.6 Å². The van der Waals surface area contributed by atoms with Gasteiger partial charge in [0.15, 0.2) is 0 Å². The lowest BCUT2D eigenvalue weighted by Gasteiger charge is -2.41. The number of anilines is 4. The maximum absolute atomic E-state index is 13.7. The Labute approximate surface area is 223 Å². The van der Waals surface area contributed by atoms with Crippen LogP contribution in [0.1, 0.15) is 44.5 Å². The zero-order valence-electron chi connectivity index (χ0n) is 22.6. The summed E-state index contributed by atoms with van der Waals surface area (Å²) < 4.78 is 19.0. The number of aromatic nitrogens is 4. The average Bonchev–Trinajstić information content (AvgIpc) is 3.14. The highest BCUT2D eigenvalue weighted by atomic mass is 19.1. The van der Waals surface area contributed by atoms with Crippen molar-refractivity contribution in [2.75, 3.05) is 48.9 Å². The molecule has 6 rings (SSSR count). The van der Waals surface area contributed by atoms with Gasteiger partial charge in [0, 0.05) is 50.4 Å². The number of fused-ring (bicyclic) bond motifs is 3. The monoisotopic (exact) mass is 517 g/mol. The molecule has 38 heavy (non-hydrogen) atoms. The number of hydrogen-bond acceptors (Lipinski definition) is 8. The van der Waals surface area contributed by atoms with Crippen molar-refractivity contribution in [1.29, 1.82) is 0 Å². The second-order valence-corrected chi connectivity index (χ2v) is 11.5. The van der Waals surface area contributed by atoms with Gasteiger partial charge in [0.25, 0.3) is 0 Å². The number of nitrogens with one attached hydrogen (secondary N) is 1. The van der Waals surface area contributed by atoms with Crippen LogP contribution in [0.25, 0.3) is 0 Å². The Morgan fingerprint density at radius 2 is 1.82 bits per heavy atom. The van der Waals surface area contributed by atoms with Gasteiger partial charge in [-0.3, -0.25) is 0 Å². The molecular formula is C29H36FN7O. The lowest BCUT2D eigenvalue weighted by atomic mass is 9.78. The van der Waals surface area contributed by atoms with Crippen molar-refractivity contribution in [1.82, 2.24) is 20.2 Å². The van der Waals surface area contributed by atoms with Crippen molar-refractivity contribution < 1.29 is 9.13 Å². The van der Waals surface area contributed by atoms with Gasteiger partial charge in [-0.15, -0.1) is 5.10 Å². The highest BCUT2D eigenvalue weighted by Crippen LogP contribution is 2.47. The van der Waals surface area contributed by atoms with Gasteiger partial charge in [-0.1, -0.05) is 13.8 Å². The largest absolute Gasteiger partial charge is 0.480 e. The van der Waals surface area contributed by atoms with E-state index in [9.17, 15) is 4.39 Å². The molecule has 0 spiro atoms. The molecule has 3 aromatic rings. The van der Waals surface area contributed by atoms with Crippen molar-refractivity contribution >= 4 is 23.0 Å². The van der Waals surface area contributed by atoms with Crippen molar-refractivity contribution in [3.05, 3.63) is 53.7 Å². The van der Waals surface area contributed by atoms with Gasteiger partial charge in [0.1, 0.15) is 23.3 Å². The minimum Gasteiger partial charge on any atom is -0.480 e. The zero-order valence-corrected chi connectivity index (χ0v) is 22.6. The van der Waals surface area contributed by atoms with Crippen LogP contribution in [0.3, 0.4) is 0 Å². The molecule has 200 valence electrons. The molecule has 2 aromatic heterocycles. The molecule has 1 saturated carbocycles. The molecule has 4 heterocycles. The third kappa shape index (κ3) is 4.41. The topological polar surface area (TPSA) is 79.3 Å². The number of piperidine rings is 1. The van der Waals surface area contributed by atoms with Gasteiger partial charge in [-0.25, -0.2) is 14.4 Å². The first-order valence-electron chi connectivity index (χ1n) is 13.6. The second kappa shape index (κ2) is 9.67. The van der Waals surface area contributed by atoms with Crippen LogP contribution >= 0.6 is 0 Å². The first-order chi connectivity index (χ1) is 18.4. The third-order valence-electron chi connectivity index (χ3n) is 8.84. The lowest BCUT2D eigenvalue weighted by Crippen LogP contribution is -2.43. The molecule has 0 amide bonds. The van der Waals surface area contributed by atoms with Crippen LogP contribution < -0.4 is 19.9 Å². The Morgan fingerprint density at radius 3 is 2.50 bits per heavy atom. The van der Waals surface area contributed by atoms with Gasteiger partial charge < -0.3 is 19.9 Å². The third-order valence-corrected chi connectivity index (χ3v) is 8.84. The van der Waals surface area contributed by atoms with E-state index in [1.807, 2.05) is 31.4 Å². The quantitative estimate of drug-likeness (QED) is 0.491. The minimum absolute atomic E-state index is 0.0628. The van der Waals surface area contributed by atoms with Gasteiger partial charge in [-0.05, 0) is 66.7 Å². The van der Waals surface area contributed by atoms with E-state index in [-0.39, 0.29) is 11.2 Å². The number of methoxy groups -OCH3 is 1. The molecule has 2 atom stereocenters. The molecule has 2 aliphatic heterocycles. The van der Waals surface area contributed by atoms with E-state index in [2.05, 4.69) is 39.2 Å². The Kier molecular flexibility index (Phi) is 6.32. The predicted molar refractivity (Wildman–Crippen MR) is 147 cm³/mol. The Hall–Kier alpha value is -3.49. The fraction of sp³-hybridized carbons (Fsp3) is 0.517. The van der Waals surface area contributed by atoms with Crippen LogP contribution in [0, 0.1) is 23.6 Å². The van der Waals surface area contributed by atoms with Crippen molar-refractivity contribution in [3.8, 4) is 5.88 Å². The van der Waals surface area contributed by atoms with Crippen molar-refractivity contribution in [2.24, 2.45) is 17.8 Å². The first kappa shape index (κ1) is 24.8. The number of ether oxygens (including phenoxy) is 1. The summed E-state index contributed by atoms with van der Waals surface area (Å²) in [6.07, 6.45) is 6.10. The molecule has 1 aliphatic carbocycles. The summed E-state index contributed by atoms with van der Waals surface area (Å²) in [6, 6.07) is 8.71. The fourth-order valence-electron chi connectivity index (χ4n) is 6.78. The summed E-state index contributed by atoms with van der Waals surface area (Å²) in [7, 11) is 3.57. The Balaban J connectivity index is 1.30. The highest BCUT2D eigenvalue weighted by Gasteiger charge is 2.43. The van der Waals surface area contributed by atoms with E-state index < -0.39 is 0 Å². The summed E-state index contributed by atoms with van der Waals surface area (Å²) >= 11 is 0. The van der Waals surface area contributed by atoms with Crippen molar-refractivity contribution in [3.63, 3.8) is 0 Å². The lowest BCUT2D eigenvalue weighted by molar-refractivity contribution is 0.265. The molecule has 8 nitrogen and oxygen atoms in total. The number of halogens is 1. The summed E-state index contributed by atoms with van der Waals surface area (Å²) in [5, 5.41) is 11.5. The summed E-state index contributed by atoms with van der Waals surface area (Å²) in [4.78, 5) is 15.0. The normalized spacial score (nSPS) is 23.8. The predicted octanol–water partition coefficient (Wildman–Crippen LogP) is 4.98. The maximum Gasteiger partial charge on any atom is 0.235 e. The fourth-order valence-corrected chi connectivity index (χ4v) is 6.78. The van der Waals surface area contributed by atoms with Crippen LogP contribution in [0.4, 0.5) is 27.4 Å². The van der Waals surface area contributed by atoms with E-state index >= 15 is 0 Å². The molecule has 1 saturated heterocycles. The van der Waals surface area contributed by atoms with Crippen LogP contribution in [0.2, 0.25) is 0 Å². The molecule has 0 radical (unpaired) electrons. The molecule has 1 aromatic carbocycles. The summed E-state index contributed by atoms with van der Waals surface area (Å²) in [5.74, 6) is 4.76. The number of hydrogen-bond donors (Lipinski definition) is 1. The van der Waals surface area contributed by atoms with Gasteiger partial charge in [0.05, 0.1) is 19.0 Å². The number of rotatable bonds is 6. The average molecular weight is 518 g/mol. The molecule has 1 N–H and O–H groups in total. The van der Waals surface area contributed by atoms with E-state index in [1.165, 1.54) is 25.0 Å². The smallest absolute Gasteiger partial charge is 0.235 e. The summed E-state index contributed by atoms with van der Waals surface area (Å²) in [6.45, 7) is 7.34. The van der Waals surface area contributed by atoms with Gasteiger partial charge in [0.2, 0.25) is 5.88 Å². The first-order valence-corrected chi connectivity index (χ1v) is 13.6. The molecule has 3 aliphatic rings.